The third-order valence-corrected chi connectivity index (χ3v) is 12.9. The monoisotopic (exact) mass is 406 g/mol. The molecule has 0 aliphatic heterocycles. The van der Waals surface area contributed by atoms with Gasteiger partial charge in [-0.1, -0.05) is 108 Å². The maximum atomic E-state index is 7.23. The average molecular weight is 407 g/mol. The van der Waals surface area contributed by atoms with Gasteiger partial charge in [-0.2, -0.15) is 0 Å². The first kappa shape index (κ1) is 22.1. The van der Waals surface area contributed by atoms with Crippen molar-refractivity contribution in [2.24, 2.45) is 16.7 Å². The van der Waals surface area contributed by atoms with E-state index in [-0.39, 0.29) is 15.9 Å². The van der Waals surface area contributed by atoms with Crippen molar-refractivity contribution in [2.75, 3.05) is 6.61 Å². The van der Waals surface area contributed by atoms with Gasteiger partial charge < -0.3 is 4.43 Å². The van der Waals surface area contributed by atoms with Crippen LogP contribution in [0.15, 0.2) is 73.3 Å². The van der Waals surface area contributed by atoms with Gasteiger partial charge in [-0.05, 0) is 45.0 Å². The molecule has 1 fully saturated rings. The van der Waals surface area contributed by atoms with Crippen molar-refractivity contribution < 1.29 is 4.43 Å². The molecule has 0 radical (unpaired) electrons. The van der Waals surface area contributed by atoms with Crippen LogP contribution in [0.1, 0.15) is 54.4 Å². The summed E-state index contributed by atoms with van der Waals surface area (Å²) in [6.07, 6.45) is 4.57. The van der Waals surface area contributed by atoms with E-state index in [1.807, 2.05) is 0 Å². The summed E-state index contributed by atoms with van der Waals surface area (Å²) in [5, 5.41) is 2.75. The summed E-state index contributed by atoms with van der Waals surface area (Å²) < 4.78 is 7.23. The van der Waals surface area contributed by atoms with E-state index >= 15 is 0 Å². The molecular weight excluding hydrogens is 368 g/mol. The molecule has 2 atom stereocenters. The topological polar surface area (TPSA) is 9.23 Å². The lowest BCUT2D eigenvalue weighted by Crippen LogP contribution is -2.67. The molecule has 156 valence electrons. The summed E-state index contributed by atoms with van der Waals surface area (Å²) in [7, 11) is -2.46. The molecule has 0 amide bonds. The SMILES string of the molecule is C=CC1(C)CCC(CO[Si](c2ccccc2)(c2ccccc2)C(C)(C)C)C1(C)C. The van der Waals surface area contributed by atoms with Crippen molar-refractivity contribution in [3.8, 4) is 0 Å². The first-order valence-electron chi connectivity index (χ1n) is 11.0. The van der Waals surface area contributed by atoms with Gasteiger partial charge in [0.1, 0.15) is 0 Å². The van der Waals surface area contributed by atoms with Crippen molar-refractivity contribution in [3.05, 3.63) is 73.3 Å². The summed E-state index contributed by atoms with van der Waals surface area (Å²) in [6, 6.07) is 21.9. The molecule has 0 heterocycles. The van der Waals surface area contributed by atoms with Crippen LogP contribution in [0.5, 0.6) is 0 Å². The zero-order valence-corrected chi connectivity index (χ0v) is 20.2. The standard InChI is InChI=1S/C27H38OSi/c1-8-27(7)20-19-22(26(27,5)6)21-28-29(25(2,3)4,23-15-11-9-12-16-23)24-17-13-10-14-18-24/h8-18,22H,1,19-21H2,2-7H3. The van der Waals surface area contributed by atoms with Crippen molar-refractivity contribution in [1.82, 2.24) is 0 Å². The Hall–Kier alpha value is -1.64. The number of rotatable bonds is 6. The van der Waals surface area contributed by atoms with E-state index in [2.05, 4.69) is 115 Å². The summed E-state index contributed by atoms with van der Waals surface area (Å²) >= 11 is 0. The van der Waals surface area contributed by atoms with Gasteiger partial charge in [0, 0.05) is 6.61 Å². The Morgan fingerprint density at radius 1 is 0.966 bits per heavy atom. The zero-order valence-electron chi connectivity index (χ0n) is 19.2. The lowest BCUT2D eigenvalue weighted by atomic mass is 9.66. The number of hydrogen-bond acceptors (Lipinski definition) is 1. The molecule has 0 saturated heterocycles. The van der Waals surface area contributed by atoms with E-state index in [1.54, 1.807) is 0 Å². The van der Waals surface area contributed by atoms with E-state index < -0.39 is 8.32 Å². The fourth-order valence-electron chi connectivity index (χ4n) is 5.27. The highest BCUT2D eigenvalue weighted by atomic mass is 28.4. The Kier molecular flexibility index (Phi) is 6.00. The summed E-state index contributed by atoms with van der Waals surface area (Å²) in [5.74, 6) is 0.534. The maximum Gasteiger partial charge on any atom is 0.261 e. The highest BCUT2D eigenvalue weighted by molar-refractivity contribution is 6.99. The molecule has 29 heavy (non-hydrogen) atoms. The van der Waals surface area contributed by atoms with Crippen molar-refractivity contribution in [1.29, 1.82) is 0 Å². The second-order valence-electron chi connectivity index (χ2n) is 10.6. The fourth-order valence-corrected chi connectivity index (χ4v) is 9.87. The summed E-state index contributed by atoms with van der Waals surface area (Å²) in [5.41, 5.74) is 0.354. The minimum absolute atomic E-state index is 0.0280. The number of hydrogen-bond donors (Lipinski definition) is 0. The van der Waals surface area contributed by atoms with Crippen LogP contribution in [0.25, 0.3) is 0 Å². The third-order valence-electron chi connectivity index (χ3n) is 7.87. The Morgan fingerprint density at radius 3 is 1.83 bits per heavy atom. The molecule has 1 nitrogen and oxygen atoms in total. The van der Waals surface area contributed by atoms with E-state index in [9.17, 15) is 0 Å². The highest BCUT2D eigenvalue weighted by Crippen LogP contribution is 2.56. The van der Waals surface area contributed by atoms with Gasteiger partial charge in [-0.15, -0.1) is 6.58 Å². The van der Waals surface area contributed by atoms with E-state index in [4.69, 9.17) is 4.43 Å². The van der Waals surface area contributed by atoms with Gasteiger partial charge in [-0.25, -0.2) is 0 Å². The average Bonchev–Trinajstić information content (AvgIpc) is 2.93. The van der Waals surface area contributed by atoms with Gasteiger partial charge in [0.25, 0.3) is 8.32 Å². The molecule has 2 unspecified atom stereocenters. The minimum atomic E-state index is -2.46. The Labute approximate surface area is 179 Å². The van der Waals surface area contributed by atoms with E-state index in [0.29, 0.717) is 5.92 Å². The third kappa shape index (κ3) is 3.66. The van der Waals surface area contributed by atoms with Crippen LogP contribution < -0.4 is 10.4 Å². The molecule has 1 saturated carbocycles. The van der Waals surface area contributed by atoms with Gasteiger partial charge in [-0.3, -0.25) is 0 Å². The molecule has 2 aromatic rings. The molecule has 0 aromatic heterocycles. The normalized spacial score (nSPS) is 24.4. The van der Waals surface area contributed by atoms with E-state index in [1.165, 1.54) is 23.2 Å². The number of allylic oxidation sites excluding steroid dienone is 1. The van der Waals surface area contributed by atoms with Gasteiger partial charge in [0.2, 0.25) is 0 Å². The van der Waals surface area contributed by atoms with Crippen LogP contribution in [0, 0.1) is 16.7 Å². The lowest BCUT2D eigenvalue weighted by molar-refractivity contribution is 0.0915. The Morgan fingerprint density at radius 2 is 1.45 bits per heavy atom. The molecule has 1 aliphatic rings. The van der Waals surface area contributed by atoms with Crippen molar-refractivity contribution in [2.45, 2.75) is 59.4 Å². The number of benzene rings is 2. The molecule has 3 rings (SSSR count). The predicted octanol–water partition coefficient (Wildman–Crippen LogP) is 6.19. The lowest BCUT2D eigenvalue weighted by Gasteiger charge is -2.45. The van der Waals surface area contributed by atoms with Crippen molar-refractivity contribution in [3.63, 3.8) is 0 Å². The van der Waals surface area contributed by atoms with Crippen LogP contribution in [-0.2, 0) is 4.43 Å². The van der Waals surface area contributed by atoms with Gasteiger partial charge in [0.15, 0.2) is 0 Å². The van der Waals surface area contributed by atoms with Gasteiger partial charge >= 0.3 is 0 Å². The molecular formula is C27H38OSi. The molecule has 2 heteroatoms. The second kappa shape index (κ2) is 7.89. The molecule has 0 bridgehead atoms. The predicted molar refractivity (Wildman–Crippen MR) is 128 cm³/mol. The van der Waals surface area contributed by atoms with Crippen molar-refractivity contribution >= 4 is 18.7 Å². The Balaban J connectivity index is 2.05. The summed E-state index contributed by atoms with van der Waals surface area (Å²) in [4.78, 5) is 0. The van der Waals surface area contributed by atoms with Crippen LogP contribution in [0.3, 0.4) is 0 Å². The van der Waals surface area contributed by atoms with E-state index in [0.717, 1.165) is 6.61 Å². The smallest absolute Gasteiger partial charge is 0.261 e. The highest BCUT2D eigenvalue weighted by Gasteiger charge is 2.53. The second-order valence-corrected chi connectivity index (χ2v) is 14.9. The molecule has 0 N–H and O–H groups in total. The minimum Gasteiger partial charge on any atom is -0.407 e. The molecule has 2 aromatic carbocycles. The van der Waals surface area contributed by atoms with Crippen LogP contribution in [0.4, 0.5) is 0 Å². The van der Waals surface area contributed by atoms with Gasteiger partial charge in [0.05, 0.1) is 0 Å². The molecule has 0 spiro atoms. The maximum absolute atomic E-state index is 7.23. The van der Waals surface area contributed by atoms with Crippen LogP contribution in [-0.4, -0.2) is 14.9 Å². The van der Waals surface area contributed by atoms with Crippen LogP contribution >= 0.6 is 0 Å². The quantitative estimate of drug-likeness (QED) is 0.410. The largest absolute Gasteiger partial charge is 0.407 e. The summed E-state index contributed by atoms with van der Waals surface area (Å²) in [6.45, 7) is 19.2. The molecule has 1 aliphatic carbocycles. The zero-order chi connectivity index (χ0) is 21.3. The first-order valence-corrected chi connectivity index (χ1v) is 12.9. The fraction of sp³-hybridized carbons (Fsp3) is 0.481. The Bertz CT molecular complexity index is 779. The van der Waals surface area contributed by atoms with Crippen LogP contribution in [0.2, 0.25) is 5.04 Å². The first-order chi connectivity index (χ1) is 13.6.